The molecule has 0 aromatic carbocycles. The molecule has 1 N–H and O–H groups in total. The second-order valence-electron chi connectivity index (χ2n) is 3.99. The van der Waals surface area contributed by atoms with Crippen LogP contribution in [-0.2, 0) is 16.4 Å². The summed E-state index contributed by atoms with van der Waals surface area (Å²) < 4.78 is 24.3. The van der Waals surface area contributed by atoms with Crippen LogP contribution in [0, 0.1) is 4.64 Å². The van der Waals surface area contributed by atoms with E-state index in [0.29, 0.717) is 17.1 Å². The number of H-pyrrole nitrogens is 1. The van der Waals surface area contributed by atoms with Crippen molar-refractivity contribution >= 4 is 22.1 Å². The molecule has 1 rings (SSSR count). The van der Waals surface area contributed by atoms with E-state index < -0.39 is 9.84 Å². The number of hydrogen-bond donors (Lipinski definition) is 1. The van der Waals surface area contributed by atoms with Gasteiger partial charge in [-0.1, -0.05) is 26.1 Å². The Morgan fingerprint density at radius 1 is 1.53 bits per heavy atom. The summed E-state index contributed by atoms with van der Waals surface area (Å²) in [5.74, 6) is 0.477. The largest absolute Gasteiger partial charge is 0.301 e. The first-order valence-electron chi connectivity index (χ1n) is 4.77. The van der Waals surface area contributed by atoms with Crippen LogP contribution in [0.4, 0.5) is 0 Å². The number of aryl methyl sites for hydroxylation is 1. The minimum absolute atomic E-state index is 0.110. The highest BCUT2D eigenvalue weighted by molar-refractivity contribution is 7.90. The lowest BCUT2D eigenvalue weighted by atomic mass is 10.1. The molecule has 15 heavy (non-hydrogen) atoms. The van der Waals surface area contributed by atoms with Crippen LogP contribution in [0.1, 0.15) is 25.5 Å². The molecule has 0 bridgehead atoms. The molecule has 0 saturated heterocycles. The number of rotatable bonds is 4. The molecule has 0 atom stereocenters. The van der Waals surface area contributed by atoms with E-state index in [0.717, 1.165) is 5.69 Å². The molecule has 0 aliphatic carbocycles. The van der Waals surface area contributed by atoms with Crippen molar-refractivity contribution in [1.29, 1.82) is 0 Å². The van der Waals surface area contributed by atoms with E-state index in [1.54, 1.807) is 4.68 Å². The summed E-state index contributed by atoms with van der Waals surface area (Å²) in [6, 6.07) is 1.88. The quantitative estimate of drug-likeness (QED) is 0.825. The standard InChI is InChI=1S/C9H16N2O2S2/c1-7(2)8-6-9(14)11(10-8)4-5-15(3,12)13/h6-7,10H,4-5H2,1-3H3. The Balaban J connectivity index is 2.83. The summed E-state index contributed by atoms with van der Waals surface area (Å²) in [4.78, 5) is 0. The lowest BCUT2D eigenvalue weighted by molar-refractivity contribution is 0.581. The fraction of sp³-hybridized carbons (Fsp3) is 0.667. The van der Waals surface area contributed by atoms with Gasteiger partial charge in [0, 0.05) is 11.9 Å². The first-order chi connectivity index (χ1) is 6.79. The molecular formula is C9H16N2O2S2. The molecule has 4 nitrogen and oxygen atoms in total. The summed E-state index contributed by atoms with van der Waals surface area (Å²) in [5.41, 5.74) is 1.04. The second-order valence-corrected chi connectivity index (χ2v) is 6.66. The summed E-state index contributed by atoms with van der Waals surface area (Å²) in [7, 11) is -2.94. The van der Waals surface area contributed by atoms with Gasteiger partial charge in [-0.2, -0.15) is 0 Å². The SMILES string of the molecule is CC(C)c1cc(=S)n(CCS(C)(=O)=O)[nH]1. The van der Waals surface area contributed by atoms with Crippen LogP contribution in [0.3, 0.4) is 0 Å². The highest BCUT2D eigenvalue weighted by Crippen LogP contribution is 2.11. The fourth-order valence-corrected chi connectivity index (χ4v) is 1.95. The van der Waals surface area contributed by atoms with Gasteiger partial charge in [-0.3, -0.25) is 4.68 Å². The highest BCUT2D eigenvalue weighted by Gasteiger charge is 2.06. The number of aromatic amines is 1. The van der Waals surface area contributed by atoms with Crippen LogP contribution in [0.15, 0.2) is 6.07 Å². The van der Waals surface area contributed by atoms with Crippen molar-refractivity contribution in [1.82, 2.24) is 9.78 Å². The van der Waals surface area contributed by atoms with Crippen LogP contribution in [0.2, 0.25) is 0 Å². The summed E-state index contributed by atoms with van der Waals surface area (Å²) in [6.45, 7) is 4.51. The third kappa shape index (κ3) is 3.79. The third-order valence-corrected chi connectivity index (χ3v) is 3.38. The molecule has 1 aromatic rings. The average Bonchev–Trinajstić information content (AvgIpc) is 2.42. The fourth-order valence-electron chi connectivity index (χ4n) is 1.17. The maximum Gasteiger partial charge on any atom is 0.149 e. The van der Waals surface area contributed by atoms with Gasteiger partial charge in [-0.05, 0) is 12.0 Å². The molecule has 0 radical (unpaired) electrons. The van der Waals surface area contributed by atoms with Crippen LogP contribution in [0.25, 0.3) is 0 Å². The van der Waals surface area contributed by atoms with Crippen LogP contribution < -0.4 is 0 Å². The van der Waals surface area contributed by atoms with Gasteiger partial charge in [-0.15, -0.1) is 0 Å². The van der Waals surface area contributed by atoms with Gasteiger partial charge in [0.05, 0.1) is 12.3 Å². The summed E-state index contributed by atoms with van der Waals surface area (Å²) >= 11 is 5.12. The molecule has 0 fully saturated rings. The Labute approximate surface area is 95.2 Å². The van der Waals surface area contributed by atoms with Crippen LogP contribution >= 0.6 is 12.2 Å². The Morgan fingerprint density at radius 3 is 2.53 bits per heavy atom. The number of nitrogens with zero attached hydrogens (tertiary/aromatic N) is 1. The third-order valence-electron chi connectivity index (χ3n) is 2.12. The number of nitrogens with one attached hydrogen (secondary N) is 1. The van der Waals surface area contributed by atoms with E-state index in [1.807, 2.05) is 6.07 Å². The Morgan fingerprint density at radius 2 is 2.13 bits per heavy atom. The number of hydrogen-bond acceptors (Lipinski definition) is 3. The van der Waals surface area contributed by atoms with Gasteiger partial charge in [0.15, 0.2) is 0 Å². The van der Waals surface area contributed by atoms with Crippen molar-refractivity contribution in [3.05, 3.63) is 16.4 Å². The monoisotopic (exact) mass is 248 g/mol. The van der Waals surface area contributed by atoms with E-state index in [1.165, 1.54) is 6.26 Å². The van der Waals surface area contributed by atoms with Crippen molar-refractivity contribution in [2.45, 2.75) is 26.3 Å². The first kappa shape index (κ1) is 12.4. The normalized spacial score (nSPS) is 12.3. The van der Waals surface area contributed by atoms with E-state index in [-0.39, 0.29) is 5.75 Å². The zero-order chi connectivity index (χ0) is 11.6. The van der Waals surface area contributed by atoms with Gasteiger partial charge in [-0.25, -0.2) is 8.42 Å². The van der Waals surface area contributed by atoms with Gasteiger partial charge < -0.3 is 5.10 Å². The lowest BCUT2D eigenvalue weighted by Crippen LogP contribution is -2.12. The van der Waals surface area contributed by atoms with Gasteiger partial charge in [0.25, 0.3) is 0 Å². The predicted octanol–water partition coefficient (Wildman–Crippen LogP) is 1.71. The van der Waals surface area contributed by atoms with Crippen molar-refractivity contribution in [2.75, 3.05) is 12.0 Å². The highest BCUT2D eigenvalue weighted by atomic mass is 32.2. The lowest BCUT2D eigenvalue weighted by Gasteiger charge is -2.03. The van der Waals surface area contributed by atoms with E-state index in [2.05, 4.69) is 18.9 Å². The molecule has 0 unspecified atom stereocenters. The van der Waals surface area contributed by atoms with Gasteiger partial charge >= 0.3 is 0 Å². The van der Waals surface area contributed by atoms with E-state index in [9.17, 15) is 8.42 Å². The Hall–Kier alpha value is -0.620. The van der Waals surface area contributed by atoms with Crippen molar-refractivity contribution in [3.8, 4) is 0 Å². The molecular weight excluding hydrogens is 232 g/mol. The van der Waals surface area contributed by atoms with Crippen molar-refractivity contribution in [3.63, 3.8) is 0 Å². The minimum Gasteiger partial charge on any atom is -0.301 e. The topological polar surface area (TPSA) is 54.9 Å². The molecule has 86 valence electrons. The van der Waals surface area contributed by atoms with Crippen molar-refractivity contribution in [2.24, 2.45) is 0 Å². The molecule has 6 heteroatoms. The Kier molecular flexibility index (Phi) is 3.72. The smallest absolute Gasteiger partial charge is 0.149 e. The molecule has 1 aromatic heterocycles. The van der Waals surface area contributed by atoms with Crippen LogP contribution in [-0.4, -0.2) is 30.2 Å². The van der Waals surface area contributed by atoms with Gasteiger partial charge in [0.1, 0.15) is 14.5 Å². The van der Waals surface area contributed by atoms with E-state index >= 15 is 0 Å². The van der Waals surface area contributed by atoms with Crippen molar-refractivity contribution < 1.29 is 8.42 Å². The molecule has 0 saturated carbocycles. The zero-order valence-corrected chi connectivity index (χ0v) is 10.8. The number of aromatic nitrogens is 2. The number of sulfone groups is 1. The van der Waals surface area contributed by atoms with Gasteiger partial charge in [0.2, 0.25) is 0 Å². The molecule has 0 spiro atoms. The molecule has 0 amide bonds. The Bertz CT molecular complexity index is 482. The first-order valence-corrected chi connectivity index (χ1v) is 7.24. The average molecular weight is 248 g/mol. The minimum atomic E-state index is -2.94. The molecule has 1 heterocycles. The molecule has 0 aliphatic rings. The summed E-state index contributed by atoms with van der Waals surface area (Å²) in [5, 5.41) is 3.10. The maximum atomic E-state index is 11.0. The van der Waals surface area contributed by atoms with Crippen LogP contribution in [0.5, 0.6) is 0 Å². The molecule has 0 aliphatic heterocycles. The van der Waals surface area contributed by atoms with E-state index in [4.69, 9.17) is 12.2 Å². The second kappa shape index (κ2) is 4.49. The summed E-state index contributed by atoms with van der Waals surface area (Å²) in [6.07, 6.45) is 1.23. The predicted molar refractivity (Wildman–Crippen MR) is 63.4 cm³/mol. The maximum absolute atomic E-state index is 11.0. The zero-order valence-electron chi connectivity index (χ0n) is 9.15.